The van der Waals surface area contributed by atoms with Crippen molar-refractivity contribution in [2.24, 2.45) is 5.92 Å². The van der Waals surface area contributed by atoms with Gasteiger partial charge in [0.15, 0.2) is 0 Å². The number of nitrogen functional groups attached to an aromatic ring is 1. The van der Waals surface area contributed by atoms with Gasteiger partial charge in [-0.3, -0.25) is 0 Å². The Kier molecular flexibility index (Phi) is 3.57. The zero-order chi connectivity index (χ0) is 11.4. The molecule has 0 saturated heterocycles. The van der Waals surface area contributed by atoms with Crippen molar-refractivity contribution in [1.82, 2.24) is 0 Å². The number of anilines is 1. The third kappa shape index (κ3) is 2.89. The lowest BCUT2D eigenvalue weighted by atomic mass is 10.0. The van der Waals surface area contributed by atoms with Crippen LogP contribution in [0.15, 0.2) is 18.2 Å². The number of allylic oxidation sites excluding steroid dienone is 1. The smallest absolute Gasteiger partial charge is 0.0400 e. The predicted molar refractivity (Wildman–Crippen MR) is 67.4 cm³/mol. The highest BCUT2D eigenvalue weighted by Crippen LogP contribution is 2.20. The van der Waals surface area contributed by atoms with Crippen LogP contribution in [0, 0.1) is 25.2 Å². The Hall–Kier alpha value is -1.68. The largest absolute Gasteiger partial charge is 0.398 e. The van der Waals surface area contributed by atoms with E-state index >= 15 is 0 Å². The van der Waals surface area contributed by atoms with Crippen molar-refractivity contribution < 1.29 is 0 Å². The Balaban J connectivity index is 3.12. The molecule has 0 bridgehead atoms. The van der Waals surface area contributed by atoms with Gasteiger partial charge in [-0.15, -0.1) is 6.42 Å². The highest BCUT2D eigenvalue weighted by molar-refractivity contribution is 5.68. The Morgan fingerprint density at radius 2 is 2.07 bits per heavy atom. The van der Waals surface area contributed by atoms with Crippen molar-refractivity contribution in [3.63, 3.8) is 0 Å². The predicted octanol–water partition coefficient (Wildman–Crippen LogP) is 3.23. The average Bonchev–Trinajstić information content (AvgIpc) is 2.18. The monoisotopic (exact) mass is 199 g/mol. The number of nitrogens with two attached hydrogens (primary N) is 1. The van der Waals surface area contributed by atoms with Gasteiger partial charge in [0, 0.05) is 11.3 Å². The van der Waals surface area contributed by atoms with E-state index in [1.807, 2.05) is 25.1 Å². The SMILES string of the molecule is C#Cc1cc(N)c(/C=C\C(C)C)cc1C. The van der Waals surface area contributed by atoms with Gasteiger partial charge in [0.25, 0.3) is 0 Å². The van der Waals surface area contributed by atoms with Crippen LogP contribution in [0.1, 0.15) is 30.5 Å². The van der Waals surface area contributed by atoms with Crippen LogP contribution in [0.25, 0.3) is 6.08 Å². The van der Waals surface area contributed by atoms with E-state index in [0.717, 1.165) is 22.4 Å². The van der Waals surface area contributed by atoms with Gasteiger partial charge in [-0.2, -0.15) is 0 Å². The molecule has 0 radical (unpaired) electrons. The Morgan fingerprint density at radius 1 is 1.40 bits per heavy atom. The molecule has 0 amide bonds. The molecule has 0 unspecified atom stereocenters. The number of rotatable bonds is 2. The van der Waals surface area contributed by atoms with Crippen molar-refractivity contribution in [3.8, 4) is 12.3 Å². The van der Waals surface area contributed by atoms with Crippen molar-refractivity contribution >= 4 is 11.8 Å². The van der Waals surface area contributed by atoms with Crippen LogP contribution in [0.3, 0.4) is 0 Å². The molecule has 0 heterocycles. The number of aryl methyl sites for hydroxylation is 1. The van der Waals surface area contributed by atoms with Crippen LogP contribution in [0.2, 0.25) is 0 Å². The van der Waals surface area contributed by atoms with Crippen molar-refractivity contribution in [2.45, 2.75) is 20.8 Å². The summed E-state index contributed by atoms with van der Waals surface area (Å²) in [6, 6.07) is 3.89. The maximum Gasteiger partial charge on any atom is 0.0400 e. The zero-order valence-electron chi connectivity index (χ0n) is 9.54. The lowest BCUT2D eigenvalue weighted by Gasteiger charge is -2.05. The summed E-state index contributed by atoms with van der Waals surface area (Å²) in [6.45, 7) is 6.27. The van der Waals surface area contributed by atoms with E-state index in [-0.39, 0.29) is 0 Å². The van der Waals surface area contributed by atoms with E-state index in [2.05, 4.69) is 25.8 Å². The molecule has 2 N–H and O–H groups in total. The van der Waals surface area contributed by atoms with E-state index in [1.165, 1.54) is 0 Å². The lowest BCUT2D eigenvalue weighted by Crippen LogP contribution is -1.93. The molecule has 1 heteroatoms. The molecule has 78 valence electrons. The molecule has 0 aromatic heterocycles. The summed E-state index contributed by atoms with van der Waals surface area (Å²) in [5.74, 6) is 3.15. The van der Waals surface area contributed by atoms with Crippen molar-refractivity contribution in [2.75, 3.05) is 5.73 Å². The van der Waals surface area contributed by atoms with Gasteiger partial charge in [-0.25, -0.2) is 0 Å². The fourth-order valence-corrected chi connectivity index (χ4v) is 1.34. The minimum atomic E-state index is 0.525. The quantitative estimate of drug-likeness (QED) is 0.574. The van der Waals surface area contributed by atoms with E-state index < -0.39 is 0 Å². The molecular weight excluding hydrogens is 182 g/mol. The molecule has 0 aliphatic heterocycles. The fourth-order valence-electron chi connectivity index (χ4n) is 1.34. The third-order valence-corrected chi connectivity index (χ3v) is 2.25. The summed E-state index contributed by atoms with van der Waals surface area (Å²) in [4.78, 5) is 0. The molecular formula is C14H17N. The maximum absolute atomic E-state index is 5.91. The molecule has 0 saturated carbocycles. The first-order valence-corrected chi connectivity index (χ1v) is 5.09. The number of terminal acetylenes is 1. The van der Waals surface area contributed by atoms with Crippen LogP contribution >= 0.6 is 0 Å². The molecule has 0 spiro atoms. The lowest BCUT2D eigenvalue weighted by molar-refractivity contribution is 0.836. The van der Waals surface area contributed by atoms with Crippen molar-refractivity contribution in [1.29, 1.82) is 0 Å². The first-order chi connectivity index (χ1) is 7.04. The highest BCUT2D eigenvalue weighted by atomic mass is 14.6. The van der Waals surface area contributed by atoms with Crippen LogP contribution in [0.5, 0.6) is 0 Å². The normalized spacial score (nSPS) is 10.9. The van der Waals surface area contributed by atoms with E-state index in [4.69, 9.17) is 12.2 Å². The second-order valence-electron chi connectivity index (χ2n) is 4.04. The van der Waals surface area contributed by atoms with E-state index in [1.54, 1.807) is 0 Å². The van der Waals surface area contributed by atoms with Gasteiger partial charge in [0.05, 0.1) is 0 Å². The molecule has 1 nitrogen and oxygen atoms in total. The van der Waals surface area contributed by atoms with E-state index in [0.29, 0.717) is 5.92 Å². The van der Waals surface area contributed by atoms with Crippen LogP contribution in [0.4, 0.5) is 5.69 Å². The number of hydrogen-bond donors (Lipinski definition) is 1. The maximum atomic E-state index is 5.91. The summed E-state index contributed by atoms with van der Waals surface area (Å²) >= 11 is 0. The molecule has 15 heavy (non-hydrogen) atoms. The topological polar surface area (TPSA) is 26.0 Å². The highest BCUT2D eigenvalue weighted by Gasteiger charge is 2.01. The standard InChI is InChI=1S/C14H17N/c1-5-12-9-14(15)13(8-11(12)4)7-6-10(2)3/h1,6-10H,15H2,2-4H3/b7-6-. The Morgan fingerprint density at radius 3 is 2.60 bits per heavy atom. The Bertz CT molecular complexity index is 420. The van der Waals surface area contributed by atoms with Crippen LogP contribution in [-0.2, 0) is 0 Å². The summed E-state index contributed by atoms with van der Waals surface area (Å²) < 4.78 is 0. The van der Waals surface area contributed by atoms with Crippen LogP contribution in [-0.4, -0.2) is 0 Å². The fraction of sp³-hybridized carbons (Fsp3) is 0.286. The van der Waals surface area contributed by atoms with Gasteiger partial charge in [-0.05, 0) is 36.1 Å². The first-order valence-electron chi connectivity index (χ1n) is 5.09. The van der Waals surface area contributed by atoms with Gasteiger partial charge < -0.3 is 5.73 Å². The van der Waals surface area contributed by atoms with Gasteiger partial charge in [0.2, 0.25) is 0 Å². The second kappa shape index (κ2) is 4.70. The minimum Gasteiger partial charge on any atom is -0.398 e. The van der Waals surface area contributed by atoms with Gasteiger partial charge >= 0.3 is 0 Å². The summed E-state index contributed by atoms with van der Waals surface area (Å²) in [5.41, 5.74) is 9.65. The first kappa shape index (κ1) is 11.4. The van der Waals surface area contributed by atoms with Crippen LogP contribution < -0.4 is 5.73 Å². The third-order valence-electron chi connectivity index (χ3n) is 2.25. The number of benzene rings is 1. The molecule has 0 aliphatic carbocycles. The van der Waals surface area contributed by atoms with Gasteiger partial charge in [0.1, 0.15) is 0 Å². The summed E-state index contributed by atoms with van der Waals surface area (Å²) in [6.07, 6.45) is 9.54. The van der Waals surface area contributed by atoms with Gasteiger partial charge in [-0.1, -0.05) is 31.9 Å². The molecule has 1 rings (SSSR count). The van der Waals surface area contributed by atoms with E-state index in [9.17, 15) is 0 Å². The number of hydrogen-bond acceptors (Lipinski definition) is 1. The summed E-state index contributed by atoms with van der Waals surface area (Å²) in [7, 11) is 0. The molecule has 0 fully saturated rings. The molecule has 0 aliphatic rings. The van der Waals surface area contributed by atoms with Crippen molar-refractivity contribution in [3.05, 3.63) is 34.9 Å². The second-order valence-corrected chi connectivity index (χ2v) is 4.04. The average molecular weight is 199 g/mol. The molecule has 1 aromatic rings. The molecule has 0 atom stereocenters. The summed E-state index contributed by atoms with van der Waals surface area (Å²) in [5, 5.41) is 0. The zero-order valence-corrected chi connectivity index (χ0v) is 9.54. The molecule has 1 aromatic carbocycles. The minimum absolute atomic E-state index is 0.525. The Labute approximate surface area is 92.0 Å².